The lowest BCUT2D eigenvalue weighted by Gasteiger charge is -2.19. The summed E-state index contributed by atoms with van der Waals surface area (Å²) in [5.74, 6) is 7.40. The van der Waals surface area contributed by atoms with Gasteiger partial charge in [-0.15, -0.1) is 0 Å². The number of nitrogen functional groups attached to an aromatic ring is 1. The van der Waals surface area contributed by atoms with Gasteiger partial charge in [0.05, 0.1) is 10.7 Å². The van der Waals surface area contributed by atoms with E-state index in [4.69, 9.17) is 17.4 Å². The molecule has 0 spiro atoms. The molecule has 0 aliphatic carbocycles. The summed E-state index contributed by atoms with van der Waals surface area (Å²) in [6, 6.07) is 7.49. The van der Waals surface area contributed by atoms with Crippen LogP contribution in [0.2, 0.25) is 5.02 Å². The molecule has 21 heavy (non-hydrogen) atoms. The van der Waals surface area contributed by atoms with E-state index < -0.39 is 0 Å². The summed E-state index contributed by atoms with van der Waals surface area (Å²) in [5, 5.41) is 3.90. The fourth-order valence-electron chi connectivity index (χ4n) is 1.84. The number of benzene rings is 1. The van der Waals surface area contributed by atoms with Gasteiger partial charge in [-0.1, -0.05) is 44.5 Å². The molecule has 0 unspecified atom stereocenters. The highest BCUT2D eigenvalue weighted by molar-refractivity contribution is 6.33. The Morgan fingerprint density at radius 3 is 2.38 bits per heavy atom. The van der Waals surface area contributed by atoms with Crippen LogP contribution in [0, 0.1) is 6.92 Å². The van der Waals surface area contributed by atoms with Crippen molar-refractivity contribution in [1.29, 1.82) is 0 Å². The topological polar surface area (TPSA) is 75.9 Å². The van der Waals surface area contributed by atoms with E-state index in [1.165, 1.54) is 0 Å². The zero-order valence-electron chi connectivity index (χ0n) is 12.7. The number of hydrazine groups is 1. The largest absolute Gasteiger partial charge is 0.339 e. The molecule has 0 aliphatic heterocycles. The summed E-state index contributed by atoms with van der Waals surface area (Å²) in [4.78, 5) is 8.94. The van der Waals surface area contributed by atoms with Crippen molar-refractivity contribution in [1.82, 2.24) is 9.97 Å². The molecule has 0 saturated carbocycles. The van der Waals surface area contributed by atoms with Crippen molar-refractivity contribution in [2.24, 2.45) is 5.84 Å². The molecule has 0 radical (unpaired) electrons. The van der Waals surface area contributed by atoms with E-state index in [1.807, 2.05) is 45.9 Å². The van der Waals surface area contributed by atoms with E-state index in [9.17, 15) is 0 Å². The second-order valence-electron chi connectivity index (χ2n) is 5.91. The molecule has 0 amide bonds. The lowest BCUT2D eigenvalue weighted by atomic mass is 9.96. The maximum atomic E-state index is 6.24. The number of para-hydroxylation sites is 1. The Hall–Kier alpha value is -1.85. The first-order valence-corrected chi connectivity index (χ1v) is 7.07. The normalized spacial score (nSPS) is 11.3. The van der Waals surface area contributed by atoms with Crippen molar-refractivity contribution in [3.8, 4) is 0 Å². The first-order valence-electron chi connectivity index (χ1n) is 6.69. The number of aromatic nitrogens is 2. The van der Waals surface area contributed by atoms with Gasteiger partial charge < -0.3 is 10.7 Å². The molecule has 0 bridgehead atoms. The highest BCUT2D eigenvalue weighted by Gasteiger charge is 2.19. The minimum atomic E-state index is -0.182. The second kappa shape index (κ2) is 5.87. The molecule has 5 nitrogen and oxygen atoms in total. The second-order valence-corrected chi connectivity index (χ2v) is 6.32. The Labute approximate surface area is 129 Å². The van der Waals surface area contributed by atoms with Crippen molar-refractivity contribution in [3.63, 3.8) is 0 Å². The Bertz CT molecular complexity index is 629. The van der Waals surface area contributed by atoms with Crippen molar-refractivity contribution in [2.45, 2.75) is 33.1 Å². The summed E-state index contributed by atoms with van der Waals surface area (Å²) < 4.78 is 0. The van der Waals surface area contributed by atoms with Crippen molar-refractivity contribution >= 4 is 28.9 Å². The molecule has 4 N–H and O–H groups in total. The zero-order chi connectivity index (χ0) is 15.6. The van der Waals surface area contributed by atoms with Gasteiger partial charge in [-0.25, -0.2) is 15.8 Å². The Morgan fingerprint density at radius 1 is 1.14 bits per heavy atom. The molecule has 0 saturated heterocycles. The number of anilines is 3. The molecular formula is C15H20ClN5. The molecule has 2 aromatic rings. The van der Waals surface area contributed by atoms with E-state index in [2.05, 4.69) is 20.7 Å². The van der Waals surface area contributed by atoms with Crippen molar-refractivity contribution in [3.05, 3.63) is 40.7 Å². The van der Waals surface area contributed by atoms with E-state index in [0.717, 1.165) is 11.3 Å². The van der Waals surface area contributed by atoms with Crippen LogP contribution in [-0.2, 0) is 5.41 Å². The summed E-state index contributed by atoms with van der Waals surface area (Å²) in [6.45, 7) is 8.13. The molecule has 6 heteroatoms. The van der Waals surface area contributed by atoms with Gasteiger partial charge in [-0.2, -0.15) is 0 Å². The van der Waals surface area contributed by atoms with Gasteiger partial charge in [-0.3, -0.25) is 0 Å². The van der Waals surface area contributed by atoms with Crippen LogP contribution in [0.4, 0.5) is 17.3 Å². The molecule has 2 rings (SSSR count). The summed E-state index contributed by atoms with van der Waals surface area (Å²) in [7, 11) is 0. The molecule has 0 fully saturated rings. The van der Waals surface area contributed by atoms with Crippen molar-refractivity contribution in [2.75, 3.05) is 10.7 Å². The lowest BCUT2D eigenvalue weighted by Crippen LogP contribution is -2.19. The molecule has 1 heterocycles. The minimum absolute atomic E-state index is 0.182. The highest BCUT2D eigenvalue weighted by atomic mass is 35.5. The number of halogens is 1. The Morgan fingerprint density at radius 2 is 1.81 bits per heavy atom. The highest BCUT2D eigenvalue weighted by Crippen LogP contribution is 2.29. The van der Waals surface area contributed by atoms with E-state index >= 15 is 0 Å². The molecule has 0 atom stereocenters. The molecule has 0 aliphatic rings. The van der Waals surface area contributed by atoms with Crippen LogP contribution in [0.1, 0.15) is 32.2 Å². The van der Waals surface area contributed by atoms with E-state index in [-0.39, 0.29) is 5.41 Å². The maximum Gasteiger partial charge on any atom is 0.145 e. The van der Waals surface area contributed by atoms with Gasteiger partial charge in [0, 0.05) is 11.5 Å². The minimum Gasteiger partial charge on any atom is -0.339 e. The summed E-state index contributed by atoms with van der Waals surface area (Å²) in [6.07, 6.45) is 0. The number of rotatable bonds is 3. The van der Waals surface area contributed by atoms with Gasteiger partial charge >= 0.3 is 0 Å². The van der Waals surface area contributed by atoms with Gasteiger partial charge in [0.2, 0.25) is 0 Å². The fourth-order valence-corrected chi connectivity index (χ4v) is 2.11. The van der Waals surface area contributed by atoms with E-state index in [1.54, 1.807) is 6.07 Å². The smallest absolute Gasteiger partial charge is 0.145 e. The number of nitrogens with zero attached hydrogens (tertiary/aromatic N) is 2. The van der Waals surface area contributed by atoms with Crippen LogP contribution in [0.3, 0.4) is 0 Å². The summed E-state index contributed by atoms with van der Waals surface area (Å²) >= 11 is 6.24. The van der Waals surface area contributed by atoms with Gasteiger partial charge in [-0.05, 0) is 18.6 Å². The first-order chi connectivity index (χ1) is 9.81. The standard InChI is InChI=1S/C15H20ClN5/c1-9-6-5-7-10(16)13(9)18-11-8-12(21-17)20-14(19-11)15(2,3)4/h5-8H,17H2,1-4H3,(H2,18,19,20,21). The lowest BCUT2D eigenvalue weighted by molar-refractivity contribution is 0.547. The monoisotopic (exact) mass is 305 g/mol. The van der Waals surface area contributed by atoms with Gasteiger partial charge in [0.15, 0.2) is 0 Å². The van der Waals surface area contributed by atoms with Crippen LogP contribution < -0.4 is 16.6 Å². The van der Waals surface area contributed by atoms with Crippen LogP contribution in [0.5, 0.6) is 0 Å². The third kappa shape index (κ3) is 3.62. The Balaban J connectivity index is 2.45. The third-order valence-corrected chi connectivity index (χ3v) is 3.33. The molecule has 1 aromatic heterocycles. The molecule has 1 aromatic carbocycles. The van der Waals surface area contributed by atoms with Gasteiger partial charge in [0.25, 0.3) is 0 Å². The predicted molar refractivity (Wildman–Crippen MR) is 88.0 cm³/mol. The fraction of sp³-hybridized carbons (Fsp3) is 0.333. The molecular weight excluding hydrogens is 286 g/mol. The summed E-state index contributed by atoms with van der Waals surface area (Å²) in [5.41, 5.74) is 4.27. The van der Waals surface area contributed by atoms with Crippen molar-refractivity contribution < 1.29 is 0 Å². The van der Waals surface area contributed by atoms with E-state index in [0.29, 0.717) is 22.5 Å². The number of aryl methyl sites for hydroxylation is 1. The zero-order valence-corrected chi connectivity index (χ0v) is 13.4. The first kappa shape index (κ1) is 15.5. The third-order valence-electron chi connectivity index (χ3n) is 3.02. The molecule has 112 valence electrons. The average molecular weight is 306 g/mol. The number of hydrogen-bond donors (Lipinski definition) is 3. The predicted octanol–water partition coefficient (Wildman–Crippen LogP) is 3.77. The number of hydrogen-bond acceptors (Lipinski definition) is 5. The van der Waals surface area contributed by atoms with Gasteiger partial charge in [0.1, 0.15) is 17.5 Å². The van der Waals surface area contributed by atoms with Crippen LogP contribution in [0.25, 0.3) is 0 Å². The Kier molecular flexibility index (Phi) is 4.34. The quantitative estimate of drug-likeness (QED) is 0.594. The SMILES string of the molecule is Cc1cccc(Cl)c1Nc1cc(NN)nc(C(C)(C)C)n1. The van der Waals surface area contributed by atoms with Crippen LogP contribution >= 0.6 is 11.6 Å². The van der Waals surface area contributed by atoms with Crippen LogP contribution in [0.15, 0.2) is 24.3 Å². The number of nitrogens with two attached hydrogens (primary N) is 1. The van der Waals surface area contributed by atoms with Crippen LogP contribution in [-0.4, -0.2) is 9.97 Å². The average Bonchev–Trinajstić information content (AvgIpc) is 2.42. The number of nitrogens with one attached hydrogen (secondary N) is 2. The maximum absolute atomic E-state index is 6.24.